The second kappa shape index (κ2) is 5.07. The summed E-state index contributed by atoms with van der Waals surface area (Å²) in [6.07, 6.45) is 9.12. The van der Waals surface area contributed by atoms with Gasteiger partial charge in [-0.05, 0) is 13.3 Å². The molecule has 53 valence electrons. The summed E-state index contributed by atoms with van der Waals surface area (Å²) in [5.41, 5.74) is 2.87. The molecule has 0 saturated heterocycles. The maximum absolute atomic E-state index is 2.25. The summed E-state index contributed by atoms with van der Waals surface area (Å²) >= 11 is 0. The number of allylic oxidation sites excluding steroid dienone is 4. The van der Waals surface area contributed by atoms with Crippen LogP contribution in [0.3, 0.4) is 0 Å². The van der Waals surface area contributed by atoms with Gasteiger partial charge < -0.3 is 0 Å². The first-order valence-corrected chi connectivity index (χ1v) is 3.55. The van der Waals surface area contributed by atoms with E-state index in [0.717, 1.165) is 0 Å². The van der Waals surface area contributed by atoms with Crippen LogP contribution < -0.4 is 0 Å². The molecule has 0 heterocycles. The minimum atomic E-state index is 0. The van der Waals surface area contributed by atoms with Crippen molar-refractivity contribution in [1.82, 2.24) is 0 Å². The van der Waals surface area contributed by atoms with Crippen molar-refractivity contribution in [3.8, 4) is 0 Å². The van der Waals surface area contributed by atoms with Crippen LogP contribution in [-0.4, -0.2) is 0 Å². The van der Waals surface area contributed by atoms with E-state index in [1.54, 1.807) is 0 Å². The summed E-state index contributed by atoms with van der Waals surface area (Å²) in [6.45, 7) is 4.35. The maximum Gasteiger partial charge on any atom is 0.00835 e. The Balaban J connectivity index is 0.000000810. The third kappa shape index (κ3) is 2.97. The van der Waals surface area contributed by atoms with Crippen molar-refractivity contribution in [2.24, 2.45) is 0 Å². The van der Waals surface area contributed by atoms with Gasteiger partial charge in [-0.1, -0.05) is 36.6 Å². The zero-order valence-electron chi connectivity index (χ0n) is 6.65. The van der Waals surface area contributed by atoms with Crippen LogP contribution in [0.5, 0.6) is 0 Å². The Morgan fingerprint density at radius 1 is 1.40 bits per heavy atom. The van der Waals surface area contributed by atoms with Gasteiger partial charge in [0.1, 0.15) is 0 Å². The SMILES string of the molecule is CCCC1=C[CH]C(C)=C1.[Zr]. The largest absolute Gasteiger partial charge is 0.0732 e. The first-order chi connectivity index (χ1) is 4.33. The molecule has 0 atom stereocenters. The Bertz CT molecular complexity index is 154. The predicted octanol–water partition coefficient (Wildman–Crippen LogP) is 2.87. The van der Waals surface area contributed by atoms with Gasteiger partial charge in [-0.3, -0.25) is 0 Å². The van der Waals surface area contributed by atoms with Crippen LogP contribution in [0, 0.1) is 6.42 Å². The van der Waals surface area contributed by atoms with E-state index in [9.17, 15) is 0 Å². The standard InChI is InChI=1S/C9H13.Zr/c1-3-4-9-6-5-8(2)7-9;/h5-7H,3-4H2,1-2H3;. The Morgan fingerprint density at radius 2 is 2.10 bits per heavy atom. The summed E-state index contributed by atoms with van der Waals surface area (Å²) in [4.78, 5) is 0. The normalized spacial score (nSPS) is 15.8. The van der Waals surface area contributed by atoms with Gasteiger partial charge in [0.2, 0.25) is 0 Å². The van der Waals surface area contributed by atoms with Gasteiger partial charge in [0.15, 0.2) is 0 Å². The molecule has 0 spiro atoms. The molecule has 0 amide bonds. The molecule has 0 aromatic rings. The van der Waals surface area contributed by atoms with Crippen LogP contribution >= 0.6 is 0 Å². The fourth-order valence-electron chi connectivity index (χ4n) is 1.07. The summed E-state index contributed by atoms with van der Waals surface area (Å²) in [6, 6.07) is 0. The van der Waals surface area contributed by atoms with Crippen LogP contribution in [-0.2, 0) is 26.2 Å². The zero-order chi connectivity index (χ0) is 6.69. The van der Waals surface area contributed by atoms with E-state index in [-0.39, 0.29) is 26.2 Å². The molecule has 0 unspecified atom stereocenters. The summed E-state index contributed by atoms with van der Waals surface area (Å²) < 4.78 is 0. The van der Waals surface area contributed by atoms with Crippen LogP contribution in [0.15, 0.2) is 23.3 Å². The van der Waals surface area contributed by atoms with E-state index in [2.05, 4.69) is 32.4 Å². The van der Waals surface area contributed by atoms with Crippen molar-refractivity contribution in [2.75, 3.05) is 0 Å². The molecule has 1 heteroatoms. The molecular formula is C9H13Zr. The first-order valence-electron chi connectivity index (χ1n) is 3.55. The fourth-order valence-corrected chi connectivity index (χ4v) is 1.07. The van der Waals surface area contributed by atoms with Crippen molar-refractivity contribution in [3.05, 3.63) is 29.7 Å². The monoisotopic (exact) mass is 211 g/mol. The van der Waals surface area contributed by atoms with Gasteiger partial charge in [-0.25, -0.2) is 0 Å². The van der Waals surface area contributed by atoms with Gasteiger partial charge in [0.25, 0.3) is 0 Å². The molecule has 10 heavy (non-hydrogen) atoms. The van der Waals surface area contributed by atoms with Crippen molar-refractivity contribution in [1.29, 1.82) is 0 Å². The van der Waals surface area contributed by atoms with Gasteiger partial charge >= 0.3 is 0 Å². The summed E-state index contributed by atoms with van der Waals surface area (Å²) in [7, 11) is 0. The Labute approximate surface area is 82.5 Å². The number of hydrogen-bond donors (Lipinski definition) is 0. The molecule has 0 aromatic carbocycles. The molecule has 0 saturated carbocycles. The fraction of sp³-hybridized carbons (Fsp3) is 0.444. The van der Waals surface area contributed by atoms with E-state index in [0.29, 0.717) is 0 Å². The van der Waals surface area contributed by atoms with E-state index >= 15 is 0 Å². The summed E-state index contributed by atoms with van der Waals surface area (Å²) in [5, 5.41) is 0. The molecule has 0 N–H and O–H groups in total. The number of hydrogen-bond acceptors (Lipinski definition) is 0. The van der Waals surface area contributed by atoms with E-state index in [1.807, 2.05) is 0 Å². The molecule has 1 rings (SSSR count). The van der Waals surface area contributed by atoms with Crippen LogP contribution in [0.1, 0.15) is 26.7 Å². The van der Waals surface area contributed by atoms with Crippen LogP contribution in [0.25, 0.3) is 0 Å². The van der Waals surface area contributed by atoms with Crippen LogP contribution in [0.2, 0.25) is 0 Å². The molecule has 1 radical (unpaired) electrons. The minimum Gasteiger partial charge on any atom is -0.0732 e. The van der Waals surface area contributed by atoms with Crippen molar-refractivity contribution < 1.29 is 26.2 Å². The average Bonchev–Trinajstić information content (AvgIpc) is 2.17. The van der Waals surface area contributed by atoms with E-state index in [1.165, 1.54) is 24.0 Å². The second-order valence-corrected chi connectivity index (χ2v) is 2.55. The Kier molecular flexibility index (Phi) is 5.26. The first kappa shape index (κ1) is 10.4. The molecule has 0 bridgehead atoms. The third-order valence-corrected chi connectivity index (χ3v) is 1.51. The van der Waals surface area contributed by atoms with Crippen molar-refractivity contribution in [2.45, 2.75) is 26.7 Å². The molecule has 1 aliphatic rings. The quantitative estimate of drug-likeness (QED) is 0.660. The summed E-state index contributed by atoms with van der Waals surface area (Å²) in [5.74, 6) is 0. The molecule has 0 aromatic heterocycles. The van der Waals surface area contributed by atoms with Crippen molar-refractivity contribution in [3.63, 3.8) is 0 Å². The molecule has 0 nitrogen and oxygen atoms in total. The molecule has 1 aliphatic carbocycles. The predicted molar refractivity (Wildman–Crippen MR) is 41.0 cm³/mol. The van der Waals surface area contributed by atoms with E-state index in [4.69, 9.17) is 0 Å². The average molecular weight is 212 g/mol. The molecule has 0 aliphatic heterocycles. The van der Waals surface area contributed by atoms with Gasteiger partial charge in [0, 0.05) is 32.6 Å². The molecule has 0 fully saturated rings. The number of rotatable bonds is 2. The van der Waals surface area contributed by atoms with Gasteiger partial charge in [-0.15, -0.1) is 0 Å². The van der Waals surface area contributed by atoms with Crippen molar-refractivity contribution >= 4 is 0 Å². The van der Waals surface area contributed by atoms with E-state index < -0.39 is 0 Å². The molecular weight excluding hydrogens is 199 g/mol. The second-order valence-electron chi connectivity index (χ2n) is 2.55. The third-order valence-electron chi connectivity index (χ3n) is 1.51. The maximum atomic E-state index is 2.25. The zero-order valence-corrected chi connectivity index (χ0v) is 9.10. The smallest absolute Gasteiger partial charge is 0.00835 e. The van der Waals surface area contributed by atoms with Gasteiger partial charge in [0.05, 0.1) is 0 Å². The minimum absolute atomic E-state index is 0. The van der Waals surface area contributed by atoms with Gasteiger partial charge in [-0.2, -0.15) is 0 Å². The topological polar surface area (TPSA) is 0 Å². The van der Waals surface area contributed by atoms with Crippen LogP contribution in [0.4, 0.5) is 0 Å². The Morgan fingerprint density at radius 3 is 2.50 bits per heavy atom. The Hall–Kier alpha value is 0.363.